The van der Waals surface area contributed by atoms with Crippen LogP contribution < -0.4 is 24.8 Å². The van der Waals surface area contributed by atoms with E-state index in [1.54, 1.807) is 32.4 Å². The first-order valence-corrected chi connectivity index (χ1v) is 9.65. The molecule has 0 aliphatic carbocycles. The lowest BCUT2D eigenvalue weighted by atomic mass is 10.2. The molecule has 0 bridgehead atoms. The lowest BCUT2D eigenvalue weighted by Crippen LogP contribution is -2.21. The Kier molecular flexibility index (Phi) is 8.98. The van der Waals surface area contributed by atoms with E-state index in [0.717, 1.165) is 24.5 Å². The normalized spacial score (nSPS) is 10.2. The second kappa shape index (κ2) is 11.7. The smallest absolute Gasteiger partial charge is 0.243 e. The SMILES string of the molecule is CCCCCCOc1ccc(NC(=O)CNc2cc(OC)ccc2OC)cc1. The maximum Gasteiger partial charge on any atom is 0.243 e. The summed E-state index contributed by atoms with van der Waals surface area (Å²) in [6.07, 6.45) is 4.71. The molecule has 0 radical (unpaired) electrons. The molecular weight excluding hydrogens is 356 g/mol. The van der Waals surface area contributed by atoms with Crippen molar-refractivity contribution in [3.63, 3.8) is 0 Å². The molecule has 0 heterocycles. The maximum absolute atomic E-state index is 12.2. The van der Waals surface area contributed by atoms with Gasteiger partial charge in [0.05, 0.1) is 33.1 Å². The standard InChI is InChI=1S/C22H30N2O4/c1-4-5-6-7-14-28-18-10-8-17(9-11-18)24-22(25)16-23-20-15-19(26-2)12-13-21(20)27-3/h8-13,15,23H,4-7,14,16H2,1-3H3,(H,24,25). The molecule has 0 saturated heterocycles. The van der Waals surface area contributed by atoms with Gasteiger partial charge in [0.1, 0.15) is 17.2 Å². The Bertz CT molecular complexity index is 732. The van der Waals surface area contributed by atoms with E-state index in [2.05, 4.69) is 17.6 Å². The Labute approximate surface area is 167 Å². The van der Waals surface area contributed by atoms with Crippen LogP contribution in [0, 0.1) is 0 Å². The van der Waals surface area contributed by atoms with E-state index in [1.165, 1.54) is 19.3 Å². The predicted molar refractivity (Wildman–Crippen MR) is 113 cm³/mol. The first-order chi connectivity index (χ1) is 13.7. The Morgan fingerprint density at radius 3 is 2.36 bits per heavy atom. The zero-order chi connectivity index (χ0) is 20.2. The van der Waals surface area contributed by atoms with Gasteiger partial charge in [-0.3, -0.25) is 4.79 Å². The molecule has 0 aliphatic rings. The highest BCUT2D eigenvalue weighted by Crippen LogP contribution is 2.28. The molecule has 0 fully saturated rings. The fourth-order valence-corrected chi connectivity index (χ4v) is 2.69. The molecular formula is C22H30N2O4. The summed E-state index contributed by atoms with van der Waals surface area (Å²) in [7, 11) is 3.18. The van der Waals surface area contributed by atoms with Crippen LogP contribution in [0.1, 0.15) is 32.6 Å². The molecule has 2 rings (SSSR count). The molecule has 6 nitrogen and oxygen atoms in total. The Morgan fingerprint density at radius 2 is 1.68 bits per heavy atom. The van der Waals surface area contributed by atoms with Gasteiger partial charge in [-0.15, -0.1) is 0 Å². The molecule has 0 aliphatic heterocycles. The molecule has 0 aromatic heterocycles. The number of hydrogen-bond donors (Lipinski definition) is 2. The van der Waals surface area contributed by atoms with Gasteiger partial charge in [-0.1, -0.05) is 26.2 Å². The van der Waals surface area contributed by atoms with E-state index >= 15 is 0 Å². The average Bonchev–Trinajstić information content (AvgIpc) is 2.73. The van der Waals surface area contributed by atoms with Gasteiger partial charge in [-0.05, 0) is 42.8 Å². The number of anilines is 2. The molecule has 0 unspecified atom stereocenters. The summed E-state index contributed by atoms with van der Waals surface area (Å²) in [4.78, 5) is 12.2. The average molecular weight is 386 g/mol. The lowest BCUT2D eigenvalue weighted by Gasteiger charge is -2.13. The molecule has 1 amide bonds. The number of hydrogen-bond acceptors (Lipinski definition) is 5. The number of methoxy groups -OCH3 is 2. The van der Waals surface area contributed by atoms with Crippen LogP contribution in [-0.4, -0.2) is 33.3 Å². The van der Waals surface area contributed by atoms with Crippen molar-refractivity contribution < 1.29 is 19.0 Å². The predicted octanol–water partition coefficient (Wildman–Crippen LogP) is 4.71. The largest absolute Gasteiger partial charge is 0.497 e. The van der Waals surface area contributed by atoms with Crippen molar-refractivity contribution >= 4 is 17.3 Å². The minimum atomic E-state index is -0.155. The molecule has 0 spiro atoms. The van der Waals surface area contributed by atoms with Crippen LogP contribution in [0.15, 0.2) is 42.5 Å². The molecule has 28 heavy (non-hydrogen) atoms. The van der Waals surface area contributed by atoms with Crippen molar-refractivity contribution in [1.82, 2.24) is 0 Å². The van der Waals surface area contributed by atoms with Crippen molar-refractivity contribution in [1.29, 1.82) is 0 Å². The monoisotopic (exact) mass is 386 g/mol. The Balaban J connectivity index is 1.80. The topological polar surface area (TPSA) is 68.8 Å². The van der Waals surface area contributed by atoms with Crippen molar-refractivity contribution in [2.75, 3.05) is 38.0 Å². The number of amides is 1. The first kappa shape index (κ1) is 21.4. The van der Waals surface area contributed by atoms with Crippen molar-refractivity contribution in [2.24, 2.45) is 0 Å². The number of rotatable bonds is 12. The van der Waals surface area contributed by atoms with Crippen molar-refractivity contribution in [3.05, 3.63) is 42.5 Å². The second-order valence-electron chi connectivity index (χ2n) is 6.40. The molecule has 0 atom stereocenters. The van der Waals surface area contributed by atoms with Crippen molar-refractivity contribution in [3.8, 4) is 17.2 Å². The van der Waals surface area contributed by atoms with Gasteiger partial charge in [0.2, 0.25) is 5.91 Å². The summed E-state index contributed by atoms with van der Waals surface area (Å²) in [6, 6.07) is 12.8. The number of benzene rings is 2. The van der Waals surface area contributed by atoms with Crippen molar-refractivity contribution in [2.45, 2.75) is 32.6 Å². The number of carbonyl (C=O) groups is 1. The van der Waals surface area contributed by atoms with Crippen LogP contribution in [0.4, 0.5) is 11.4 Å². The highest BCUT2D eigenvalue weighted by atomic mass is 16.5. The van der Waals surface area contributed by atoms with Crippen LogP contribution in [0.2, 0.25) is 0 Å². The van der Waals surface area contributed by atoms with Gasteiger partial charge in [0, 0.05) is 11.8 Å². The van der Waals surface area contributed by atoms with E-state index < -0.39 is 0 Å². The minimum Gasteiger partial charge on any atom is -0.497 e. The summed E-state index contributed by atoms with van der Waals surface area (Å²) in [5.74, 6) is 2.00. The Morgan fingerprint density at radius 1 is 0.929 bits per heavy atom. The van der Waals surface area contributed by atoms with E-state index in [1.807, 2.05) is 24.3 Å². The van der Waals surface area contributed by atoms with E-state index in [-0.39, 0.29) is 12.5 Å². The summed E-state index contributed by atoms with van der Waals surface area (Å²) < 4.78 is 16.2. The van der Waals surface area contributed by atoms with Crippen LogP contribution in [0.3, 0.4) is 0 Å². The van der Waals surface area contributed by atoms with E-state index in [0.29, 0.717) is 17.2 Å². The summed E-state index contributed by atoms with van der Waals surface area (Å²) in [5, 5.41) is 5.93. The van der Waals surface area contributed by atoms with Crippen LogP contribution >= 0.6 is 0 Å². The molecule has 0 saturated carbocycles. The van der Waals surface area contributed by atoms with Gasteiger partial charge in [-0.25, -0.2) is 0 Å². The Hall–Kier alpha value is -2.89. The fraction of sp³-hybridized carbons (Fsp3) is 0.409. The summed E-state index contributed by atoms with van der Waals surface area (Å²) in [6.45, 7) is 3.02. The van der Waals surface area contributed by atoms with Gasteiger partial charge in [0.15, 0.2) is 0 Å². The molecule has 6 heteroatoms. The van der Waals surface area contributed by atoms with E-state index in [9.17, 15) is 4.79 Å². The van der Waals surface area contributed by atoms with Gasteiger partial charge < -0.3 is 24.8 Å². The fourth-order valence-electron chi connectivity index (χ4n) is 2.69. The number of carbonyl (C=O) groups excluding carboxylic acids is 1. The van der Waals surface area contributed by atoms with Gasteiger partial charge in [0.25, 0.3) is 0 Å². The lowest BCUT2D eigenvalue weighted by molar-refractivity contribution is -0.114. The summed E-state index contributed by atoms with van der Waals surface area (Å²) in [5.41, 5.74) is 1.42. The highest BCUT2D eigenvalue weighted by molar-refractivity contribution is 5.94. The molecule has 2 N–H and O–H groups in total. The minimum absolute atomic E-state index is 0.110. The quantitative estimate of drug-likeness (QED) is 0.517. The third-order valence-corrected chi connectivity index (χ3v) is 4.25. The number of ether oxygens (including phenoxy) is 3. The zero-order valence-corrected chi connectivity index (χ0v) is 16.9. The van der Waals surface area contributed by atoms with Gasteiger partial charge in [-0.2, -0.15) is 0 Å². The zero-order valence-electron chi connectivity index (χ0n) is 16.9. The van der Waals surface area contributed by atoms with E-state index in [4.69, 9.17) is 14.2 Å². The summed E-state index contributed by atoms with van der Waals surface area (Å²) >= 11 is 0. The third kappa shape index (κ3) is 7.02. The van der Waals surface area contributed by atoms with Crippen LogP contribution in [-0.2, 0) is 4.79 Å². The molecule has 152 valence electrons. The van der Waals surface area contributed by atoms with Crippen LogP contribution in [0.25, 0.3) is 0 Å². The maximum atomic E-state index is 12.2. The molecule has 2 aromatic rings. The second-order valence-corrected chi connectivity index (χ2v) is 6.40. The number of nitrogens with one attached hydrogen (secondary N) is 2. The van der Waals surface area contributed by atoms with Crippen LogP contribution in [0.5, 0.6) is 17.2 Å². The first-order valence-electron chi connectivity index (χ1n) is 9.65. The number of unbranched alkanes of at least 4 members (excludes halogenated alkanes) is 3. The molecule has 2 aromatic carbocycles. The highest BCUT2D eigenvalue weighted by Gasteiger charge is 2.08. The van der Waals surface area contributed by atoms with Gasteiger partial charge >= 0.3 is 0 Å². The third-order valence-electron chi connectivity index (χ3n) is 4.25.